The number of amides is 2. The summed E-state index contributed by atoms with van der Waals surface area (Å²) in [7, 11) is 1.20. The van der Waals surface area contributed by atoms with Gasteiger partial charge in [-0.3, -0.25) is 13.9 Å². The fourth-order valence-corrected chi connectivity index (χ4v) is 6.33. The summed E-state index contributed by atoms with van der Waals surface area (Å²) in [5.41, 5.74) is 0.656. The van der Waals surface area contributed by atoms with Crippen molar-refractivity contribution in [1.29, 1.82) is 0 Å². The van der Waals surface area contributed by atoms with Crippen LogP contribution in [-0.2, 0) is 26.2 Å². The first-order chi connectivity index (χ1) is 21.6. The van der Waals surface area contributed by atoms with Crippen molar-refractivity contribution in [2.75, 3.05) is 45.8 Å². The monoisotopic (exact) mass is 661 g/mol. The molecule has 11 nitrogen and oxygen atoms in total. The lowest BCUT2D eigenvalue weighted by molar-refractivity contribution is -0.140. The second-order valence-corrected chi connectivity index (χ2v) is 12.2. The van der Waals surface area contributed by atoms with Crippen molar-refractivity contribution in [1.82, 2.24) is 10.2 Å². The molecule has 0 spiro atoms. The maximum absolute atomic E-state index is 14.4. The highest BCUT2D eigenvalue weighted by Crippen LogP contribution is 2.38. The standard InChI is InChI=1S/C32H40ClN3O8S/c1-7-17-34-32(38)26(8-2)35(20-22-11-9-10-12-25(22)33)31(37)21-36(27-18-23(41-3)13-15-28(27)42-4)45(39,40)24-14-16-29(43-5)30(19-24)44-6/h9-16,18-19,26H,7-8,17,20-21H2,1-6H3,(H,34,38). The molecule has 244 valence electrons. The molecule has 0 aliphatic rings. The zero-order valence-corrected chi connectivity index (χ0v) is 27.9. The number of carbonyl (C=O) groups excluding carboxylic acids is 2. The first kappa shape index (κ1) is 35.3. The molecule has 0 radical (unpaired) electrons. The van der Waals surface area contributed by atoms with Crippen LogP contribution >= 0.6 is 11.6 Å². The van der Waals surface area contributed by atoms with Crippen molar-refractivity contribution in [3.63, 3.8) is 0 Å². The van der Waals surface area contributed by atoms with Crippen LogP contribution in [0.1, 0.15) is 32.3 Å². The van der Waals surface area contributed by atoms with Gasteiger partial charge in [-0.15, -0.1) is 0 Å². The van der Waals surface area contributed by atoms with Gasteiger partial charge in [0.05, 0.1) is 39.0 Å². The van der Waals surface area contributed by atoms with E-state index in [1.807, 2.05) is 6.92 Å². The molecule has 0 heterocycles. The number of rotatable bonds is 16. The van der Waals surface area contributed by atoms with Crippen LogP contribution in [0.25, 0.3) is 0 Å². The maximum Gasteiger partial charge on any atom is 0.265 e. The molecule has 3 rings (SSSR count). The van der Waals surface area contributed by atoms with E-state index < -0.39 is 28.5 Å². The Balaban J connectivity index is 2.20. The van der Waals surface area contributed by atoms with Crippen LogP contribution in [0.3, 0.4) is 0 Å². The van der Waals surface area contributed by atoms with Gasteiger partial charge in [-0.2, -0.15) is 0 Å². The lowest BCUT2D eigenvalue weighted by atomic mass is 10.1. The molecule has 1 unspecified atom stereocenters. The van der Waals surface area contributed by atoms with Crippen LogP contribution in [0.15, 0.2) is 65.6 Å². The molecular weight excluding hydrogens is 622 g/mol. The molecule has 0 aliphatic heterocycles. The smallest absolute Gasteiger partial charge is 0.265 e. The van der Waals surface area contributed by atoms with Crippen molar-refractivity contribution < 1.29 is 37.0 Å². The highest BCUT2D eigenvalue weighted by molar-refractivity contribution is 7.92. The van der Waals surface area contributed by atoms with Crippen LogP contribution in [0, 0.1) is 0 Å². The molecule has 45 heavy (non-hydrogen) atoms. The van der Waals surface area contributed by atoms with E-state index in [-0.39, 0.29) is 41.0 Å². The van der Waals surface area contributed by atoms with E-state index in [1.165, 1.54) is 57.6 Å². The quantitative estimate of drug-likeness (QED) is 0.230. The first-order valence-electron chi connectivity index (χ1n) is 14.3. The van der Waals surface area contributed by atoms with Crippen molar-refractivity contribution in [3.8, 4) is 23.0 Å². The molecule has 0 bridgehead atoms. The van der Waals surface area contributed by atoms with Gasteiger partial charge >= 0.3 is 0 Å². The summed E-state index contributed by atoms with van der Waals surface area (Å²) in [6, 6.07) is 14.8. The van der Waals surface area contributed by atoms with Crippen LogP contribution in [0.4, 0.5) is 5.69 Å². The predicted molar refractivity (Wildman–Crippen MR) is 173 cm³/mol. The van der Waals surface area contributed by atoms with E-state index in [1.54, 1.807) is 43.3 Å². The zero-order valence-electron chi connectivity index (χ0n) is 26.3. The van der Waals surface area contributed by atoms with Gasteiger partial charge in [0.25, 0.3) is 10.0 Å². The Kier molecular flexibility index (Phi) is 12.7. The Morgan fingerprint density at radius 1 is 0.867 bits per heavy atom. The van der Waals surface area contributed by atoms with Gasteiger partial charge in [0, 0.05) is 30.2 Å². The topological polar surface area (TPSA) is 124 Å². The number of nitrogens with zero attached hydrogens (tertiary/aromatic N) is 2. The van der Waals surface area contributed by atoms with E-state index in [2.05, 4.69) is 5.32 Å². The lowest BCUT2D eigenvalue weighted by Crippen LogP contribution is -2.52. The number of hydrogen-bond donors (Lipinski definition) is 1. The normalized spacial score (nSPS) is 11.7. The number of hydrogen-bond acceptors (Lipinski definition) is 8. The average Bonchev–Trinajstić information content (AvgIpc) is 3.05. The van der Waals surface area contributed by atoms with Crippen LogP contribution in [0.2, 0.25) is 5.02 Å². The third-order valence-electron chi connectivity index (χ3n) is 7.11. The van der Waals surface area contributed by atoms with E-state index in [0.717, 1.165) is 4.31 Å². The number of carbonyl (C=O) groups is 2. The molecule has 0 fully saturated rings. The van der Waals surface area contributed by atoms with Crippen LogP contribution in [0.5, 0.6) is 23.0 Å². The molecule has 3 aromatic rings. The summed E-state index contributed by atoms with van der Waals surface area (Å²) in [5.74, 6) is 0.0340. The van der Waals surface area contributed by atoms with E-state index in [0.29, 0.717) is 35.1 Å². The number of methoxy groups -OCH3 is 4. The van der Waals surface area contributed by atoms with Gasteiger partial charge in [0.15, 0.2) is 11.5 Å². The maximum atomic E-state index is 14.4. The first-order valence-corrected chi connectivity index (χ1v) is 16.1. The van der Waals surface area contributed by atoms with Crippen molar-refractivity contribution in [2.24, 2.45) is 0 Å². The fraction of sp³-hybridized carbons (Fsp3) is 0.375. The van der Waals surface area contributed by atoms with Crippen molar-refractivity contribution >= 4 is 39.1 Å². The summed E-state index contributed by atoms with van der Waals surface area (Å²) in [5, 5.41) is 3.26. The van der Waals surface area contributed by atoms with Gasteiger partial charge in [-0.05, 0) is 48.7 Å². The number of halogens is 1. The Hall–Kier alpha value is -4.16. The Bertz CT molecular complexity index is 1580. The highest BCUT2D eigenvalue weighted by atomic mass is 35.5. The third kappa shape index (κ3) is 8.31. The minimum Gasteiger partial charge on any atom is -0.497 e. The van der Waals surface area contributed by atoms with Crippen LogP contribution in [-0.4, -0.2) is 72.7 Å². The fourth-order valence-electron chi connectivity index (χ4n) is 4.70. The Labute approximate surface area is 270 Å². The Morgan fingerprint density at radius 3 is 2.13 bits per heavy atom. The average molecular weight is 662 g/mol. The molecular formula is C32H40ClN3O8S. The molecule has 0 aromatic heterocycles. The summed E-state index contributed by atoms with van der Waals surface area (Å²) in [6.07, 6.45) is 0.976. The summed E-state index contributed by atoms with van der Waals surface area (Å²) in [4.78, 5) is 28.9. The van der Waals surface area contributed by atoms with Crippen LogP contribution < -0.4 is 28.6 Å². The third-order valence-corrected chi connectivity index (χ3v) is 9.23. The molecule has 3 aromatic carbocycles. The Morgan fingerprint density at radius 2 is 1.53 bits per heavy atom. The number of benzene rings is 3. The molecule has 0 saturated carbocycles. The van der Waals surface area contributed by atoms with Gasteiger partial charge < -0.3 is 29.2 Å². The van der Waals surface area contributed by atoms with E-state index in [9.17, 15) is 18.0 Å². The highest BCUT2D eigenvalue weighted by Gasteiger charge is 2.35. The predicted octanol–water partition coefficient (Wildman–Crippen LogP) is 4.90. The largest absolute Gasteiger partial charge is 0.497 e. The number of nitrogens with one attached hydrogen (secondary N) is 1. The molecule has 1 atom stereocenters. The number of anilines is 1. The van der Waals surface area contributed by atoms with Gasteiger partial charge in [0.2, 0.25) is 11.8 Å². The molecule has 13 heteroatoms. The van der Waals surface area contributed by atoms with E-state index >= 15 is 0 Å². The lowest BCUT2D eigenvalue weighted by Gasteiger charge is -2.33. The molecule has 0 saturated heterocycles. The summed E-state index contributed by atoms with van der Waals surface area (Å²) in [6.45, 7) is 3.42. The molecule has 1 N–H and O–H groups in total. The van der Waals surface area contributed by atoms with Gasteiger partial charge in [-0.25, -0.2) is 8.42 Å². The number of ether oxygens (including phenoxy) is 4. The molecule has 0 aliphatic carbocycles. The van der Waals surface area contributed by atoms with Crippen molar-refractivity contribution in [3.05, 3.63) is 71.2 Å². The number of sulfonamides is 1. The second kappa shape index (κ2) is 16.2. The minimum absolute atomic E-state index is 0.0317. The second-order valence-electron chi connectivity index (χ2n) is 9.89. The van der Waals surface area contributed by atoms with E-state index in [4.69, 9.17) is 30.5 Å². The SMILES string of the molecule is CCCNC(=O)C(CC)N(Cc1ccccc1Cl)C(=O)CN(c1cc(OC)ccc1OC)S(=O)(=O)c1ccc(OC)c(OC)c1. The summed E-state index contributed by atoms with van der Waals surface area (Å²) >= 11 is 6.47. The minimum atomic E-state index is -4.46. The summed E-state index contributed by atoms with van der Waals surface area (Å²) < 4.78 is 51.3. The van der Waals surface area contributed by atoms with Gasteiger partial charge in [-0.1, -0.05) is 43.6 Å². The van der Waals surface area contributed by atoms with Crippen molar-refractivity contribution in [2.45, 2.75) is 44.2 Å². The molecule has 2 amide bonds. The van der Waals surface area contributed by atoms with Gasteiger partial charge in [0.1, 0.15) is 24.1 Å². The zero-order chi connectivity index (χ0) is 33.1.